The summed E-state index contributed by atoms with van der Waals surface area (Å²) in [5, 5.41) is 2.88. The van der Waals surface area contributed by atoms with Gasteiger partial charge in [-0.25, -0.2) is 0 Å². The van der Waals surface area contributed by atoms with Gasteiger partial charge in [0.1, 0.15) is 5.75 Å². The number of anilines is 1. The van der Waals surface area contributed by atoms with Gasteiger partial charge in [0.2, 0.25) is 11.8 Å². The number of ether oxygens (including phenoxy) is 1. The summed E-state index contributed by atoms with van der Waals surface area (Å²) < 4.78 is 5.25. The topological polar surface area (TPSA) is 58.6 Å². The highest BCUT2D eigenvalue weighted by Gasteiger charge is 2.34. The molecule has 1 aliphatic heterocycles. The predicted octanol–water partition coefficient (Wildman–Crippen LogP) is 3.12. The molecule has 2 aromatic carbocycles. The summed E-state index contributed by atoms with van der Waals surface area (Å²) in [5.74, 6) is 0.223. The van der Waals surface area contributed by atoms with Crippen molar-refractivity contribution in [1.82, 2.24) is 4.90 Å². The van der Waals surface area contributed by atoms with Crippen LogP contribution >= 0.6 is 0 Å². The van der Waals surface area contributed by atoms with E-state index in [1.165, 1.54) is 5.56 Å². The molecule has 0 aliphatic carbocycles. The fourth-order valence-corrected chi connectivity index (χ4v) is 3.27. The van der Waals surface area contributed by atoms with Crippen molar-refractivity contribution < 1.29 is 14.3 Å². The van der Waals surface area contributed by atoms with E-state index in [-0.39, 0.29) is 24.2 Å². The van der Waals surface area contributed by atoms with Gasteiger partial charge < -0.3 is 15.0 Å². The second-order valence-electron chi connectivity index (χ2n) is 6.52. The average molecular weight is 352 g/mol. The summed E-state index contributed by atoms with van der Waals surface area (Å²) in [4.78, 5) is 26.6. The quantitative estimate of drug-likeness (QED) is 0.833. The Kier molecular flexibility index (Phi) is 5.89. The Balaban J connectivity index is 1.51. The zero-order valence-electron chi connectivity index (χ0n) is 15.0. The third kappa shape index (κ3) is 4.42. The Labute approximate surface area is 154 Å². The molecule has 136 valence electrons. The van der Waals surface area contributed by atoms with Gasteiger partial charge in [-0.3, -0.25) is 9.59 Å². The standard InChI is InChI=1S/C21H24N2O3/c1-26-19-12-6-5-11-18(19)22-21(25)17-14-20(24)23(15-17)13-7-10-16-8-3-2-4-9-16/h2-6,8-9,11-12,17H,7,10,13-15H2,1H3,(H,22,25). The van der Waals surface area contributed by atoms with Gasteiger partial charge in [-0.2, -0.15) is 0 Å². The van der Waals surface area contributed by atoms with Gasteiger partial charge in [0.25, 0.3) is 0 Å². The van der Waals surface area contributed by atoms with E-state index >= 15 is 0 Å². The molecular formula is C21H24N2O3. The second-order valence-corrected chi connectivity index (χ2v) is 6.52. The van der Waals surface area contributed by atoms with Crippen LogP contribution in [0.15, 0.2) is 54.6 Å². The summed E-state index contributed by atoms with van der Waals surface area (Å²) in [6.07, 6.45) is 2.10. The van der Waals surface area contributed by atoms with Gasteiger partial charge in [-0.15, -0.1) is 0 Å². The number of rotatable bonds is 7. The molecule has 3 rings (SSSR count). The smallest absolute Gasteiger partial charge is 0.229 e. The molecule has 0 saturated carbocycles. The van der Waals surface area contributed by atoms with E-state index in [1.807, 2.05) is 30.3 Å². The highest BCUT2D eigenvalue weighted by Crippen LogP contribution is 2.26. The molecule has 1 aliphatic rings. The van der Waals surface area contributed by atoms with Crippen LogP contribution in [0.3, 0.4) is 0 Å². The van der Waals surface area contributed by atoms with E-state index in [0.717, 1.165) is 12.8 Å². The molecule has 5 nitrogen and oxygen atoms in total. The highest BCUT2D eigenvalue weighted by atomic mass is 16.5. The molecule has 26 heavy (non-hydrogen) atoms. The summed E-state index contributed by atoms with van der Waals surface area (Å²) in [6, 6.07) is 17.5. The number of nitrogens with one attached hydrogen (secondary N) is 1. The van der Waals surface area contributed by atoms with E-state index in [4.69, 9.17) is 4.74 Å². The van der Waals surface area contributed by atoms with Gasteiger partial charge in [0, 0.05) is 19.5 Å². The van der Waals surface area contributed by atoms with E-state index in [0.29, 0.717) is 24.5 Å². The molecular weight excluding hydrogens is 328 g/mol. The van der Waals surface area contributed by atoms with E-state index in [2.05, 4.69) is 17.4 Å². The van der Waals surface area contributed by atoms with Crippen molar-refractivity contribution in [2.75, 3.05) is 25.5 Å². The minimum absolute atomic E-state index is 0.0539. The van der Waals surface area contributed by atoms with Crippen molar-refractivity contribution in [3.05, 3.63) is 60.2 Å². The third-order valence-corrected chi connectivity index (χ3v) is 4.69. The van der Waals surface area contributed by atoms with Crippen LogP contribution in [0.5, 0.6) is 5.75 Å². The lowest BCUT2D eigenvalue weighted by Gasteiger charge is -2.17. The maximum atomic E-state index is 12.5. The van der Waals surface area contributed by atoms with Crippen LogP contribution in [-0.4, -0.2) is 36.9 Å². The van der Waals surface area contributed by atoms with E-state index < -0.39 is 0 Å². The number of carbonyl (C=O) groups excluding carboxylic acids is 2. The van der Waals surface area contributed by atoms with Crippen LogP contribution < -0.4 is 10.1 Å². The summed E-state index contributed by atoms with van der Waals surface area (Å²) in [7, 11) is 1.57. The van der Waals surface area contributed by atoms with Gasteiger partial charge in [-0.1, -0.05) is 42.5 Å². The molecule has 1 heterocycles. The number of hydrogen-bond donors (Lipinski definition) is 1. The molecule has 0 spiro atoms. The van der Waals surface area contributed by atoms with Gasteiger partial charge in [-0.05, 0) is 30.5 Å². The van der Waals surface area contributed by atoms with Crippen molar-refractivity contribution in [3.8, 4) is 5.75 Å². The first-order valence-electron chi connectivity index (χ1n) is 8.93. The Bertz CT molecular complexity index is 761. The van der Waals surface area contributed by atoms with Crippen molar-refractivity contribution >= 4 is 17.5 Å². The maximum absolute atomic E-state index is 12.5. The molecule has 1 unspecified atom stereocenters. The average Bonchev–Trinajstić information content (AvgIpc) is 3.04. The molecule has 0 aromatic heterocycles. The molecule has 1 saturated heterocycles. The normalized spacial score (nSPS) is 16.6. The minimum Gasteiger partial charge on any atom is -0.495 e. The zero-order valence-corrected chi connectivity index (χ0v) is 15.0. The Morgan fingerprint density at radius 2 is 1.88 bits per heavy atom. The van der Waals surface area contributed by atoms with Gasteiger partial charge in [0.05, 0.1) is 18.7 Å². The predicted molar refractivity (Wildman–Crippen MR) is 101 cm³/mol. The molecule has 0 radical (unpaired) electrons. The van der Waals surface area contributed by atoms with Crippen molar-refractivity contribution in [2.24, 2.45) is 5.92 Å². The molecule has 1 N–H and O–H groups in total. The first-order chi connectivity index (χ1) is 12.7. The van der Waals surface area contributed by atoms with Crippen molar-refractivity contribution in [2.45, 2.75) is 19.3 Å². The number of amides is 2. The number of nitrogens with zero attached hydrogens (tertiary/aromatic N) is 1. The summed E-state index contributed by atoms with van der Waals surface area (Å²) in [5.41, 5.74) is 1.90. The Morgan fingerprint density at radius 1 is 1.15 bits per heavy atom. The number of likely N-dealkylation sites (tertiary alicyclic amines) is 1. The van der Waals surface area contributed by atoms with Gasteiger partial charge in [0.15, 0.2) is 0 Å². The lowest BCUT2D eigenvalue weighted by atomic mass is 10.1. The Hall–Kier alpha value is -2.82. The van der Waals surface area contributed by atoms with Crippen LogP contribution in [0.2, 0.25) is 0 Å². The van der Waals surface area contributed by atoms with Crippen LogP contribution in [0.1, 0.15) is 18.4 Å². The number of hydrogen-bond acceptors (Lipinski definition) is 3. The maximum Gasteiger partial charge on any atom is 0.229 e. The van der Waals surface area contributed by atoms with Crippen LogP contribution in [-0.2, 0) is 16.0 Å². The SMILES string of the molecule is COc1ccccc1NC(=O)C1CC(=O)N(CCCc2ccccc2)C1. The first kappa shape index (κ1) is 18.0. The first-order valence-corrected chi connectivity index (χ1v) is 8.93. The number of para-hydroxylation sites is 2. The lowest BCUT2D eigenvalue weighted by molar-refractivity contribution is -0.128. The fourth-order valence-electron chi connectivity index (χ4n) is 3.27. The number of carbonyl (C=O) groups is 2. The molecule has 0 bridgehead atoms. The van der Waals surface area contributed by atoms with E-state index in [1.54, 1.807) is 24.1 Å². The monoisotopic (exact) mass is 352 g/mol. The minimum atomic E-state index is -0.316. The molecule has 2 amide bonds. The number of benzene rings is 2. The second kappa shape index (κ2) is 8.52. The molecule has 1 fully saturated rings. The summed E-state index contributed by atoms with van der Waals surface area (Å²) in [6.45, 7) is 1.17. The molecule has 1 atom stereocenters. The van der Waals surface area contributed by atoms with Crippen molar-refractivity contribution in [3.63, 3.8) is 0 Å². The number of aryl methyl sites for hydroxylation is 1. The molecule has 5 heteroatoms. The van der Waals surface area contributed by atoms with Crippen LogP contribution in [0.25, 0.3) is 0 Å². The Morgan fingerprint density at radius 3 is 2.65 bits per heavy atom. The lowest BCUT2D eigenvalue weighted by Crippen LogP contribution is -2.29. The fraction of sp³-hybridized carbons (Fsp3) is 0.333. The van der Waals surface area contributed by atoms with Crippen LogP contribution in [0, 0.1) is 5.92 Å². The van der Waals surface area contributed by atoms with Crippen molar-refractivity contribution in [1.29, 1.82) is 0 Å². The highest BCUT2D eigenvalue weighted by molar-refractivity contribution is 5.98. The van der Waals surface area contributed by atoms with E-state index in [9.17, 15) is 9.59 Å². The third-order valence-electron chi connectivity index (χ3n) is 4.69. The number of methoxy groups -OCH3 is 1. The molecule has 2 aromatic rings. The largest absolute Gasteiger partial charge is 0.495 e. The summed E-state index contributed by atoms with van der Waals surface area (Å²) >= 11 is 0. The zero-order chi connectivity index (χ0) is 18.4. The van der Waals surface area contributed by atoms with Gasteiger partial charge >= 0.3 is 0 Å². The van der Waals surface area contributed by atoms with Crippen LogP contribution in [0.4, 0.5) is 5.69 Å².